The summed E-state index contributed by atoms with van der Waals surface area (Å²) in [5, 5.41) is 9.05. The minimum atomic E-state index is -0.470. The lowest BCUT2D eigenvalue weighted by Crippen LogP contribution is -2.57. The molecule has 2 saturated heterocycles. The summed E-state index contributed by atoms with van der Waals surface area (Å²) in [6.07, 6.45) is 7.17. The number of aromatic nitrogens is 2. The molecular formula is C25H29N5O3. The average molecular weight is 448 g/mol. The van der Waals surface area contributed by atoms with E-state index >= 15 is 0 Å². The van der Waals surface area contributed by atoms with Gasteiger partial charge < -0.3 is 19.3 Å². The number of carbonyl (C=O) groups excluding carboxylic acids is 1. The summed E-state index contributed by atoms with van der Waals surface area (Å²) in [7, 11) is 1.62. The van der Waals surface area contributed by atoms with E-state index in [1.807, 2.05) is 29.2 Å². The van der Waals surface area contributed by atoms with Crippen LogP contribution in [0.25, 0.3) is 0 Å². The van der Waals surface area contributed by atoms with Crippen LogP contribution >= 0.6 is 0 Å². The lowest BCUT2D eigenvalue weighted by atomic mass is 9.77. The van der Waals surface area contributed by atoms with Crippen molar-refractivity contribution in [1.29, 1.82) is 5.26 Å². The molecule has 3 atom stereocenters. The van der Waals surface area contributed by atoms with Crippen LogP contribution in [0.15, 0.2) is 36.7 Å². The molecule has 2 aliphatic heterocycles. The summed E-state index contributed by atoms with van der Waals surface area (Å²) >= 11 is 0. The molecule has 172 valence electrons. The van der Waals surface area contributed by atoms with Crippen LogP contribution in [0.2, 0.25) is 0 Å². The van der Waals surface area contributed by atoms with Gasteiger partial charge in [0.2, 0.25) is 5.91 Å². The zero-order chi connectivity index (χ0) is 23.0. The number of piperazine rings is 1. The second kappa shape index (κ2) is 8.64. The molecule has 1 aliphatic carbocycles. The number of likely N-dealkylation sites (tertiary alicyclic amines) is 1. The quantitative estimate of drug-likeness (QED) is 0.672. The molecule has 5 rings (SSSR count). The highest BCUT2D eigenvalue weighted by Gasteiger charge is 2.47. The van der Waals surface area contributed by atoms with Crippen LogP contribution in [-0.2, 0) is 15.1 Å². The normalized spacial score (nSPS) is 25.3. The van der Waals surface area contributed by atoms with Crippen LogP contribution in [0.1, 0.15) is 43.9 Å². The zero-order valence-corrected chi connectivity index (χ0v) is 19.1. The van der Waals surface area contributed by atoms with Crippen LogP contribution in [0.3, 0.4) is 0 Å². The van der Waals surface area contributed by atoms with Crippen LogP contribution in [0, 0.1) is 17.2 Å². The van der Waals surface area contributed by atoms with Gasteiger partial charge in [-0.15, -0.1) is 0 Å². The number of ether oxygens (including phenoxy) is 2. The van der Waals surface area contributed by atoms with Crippen LogP contribution in [0.5, 0.6) is 5.75 Å². The number of pyridine rings is 2. The van der Waals surface area contributed by atoms with Gasteiger partial charge in [0, 0.05) is 25.3 Å². The van der Waals surface area contributed by atoms with E-state index in [9.17, 15) is 4.79 Å². The van der Waals surface area contributed by atoms with Crippen molar-refractivity contribution in [1.82, 2.24) is 14.9 Å². The molecule has 0 spiro atoms. The van der Waals surface area contributed by atoms with Crippen LogP contribution in [0.4, 0.5) is 5.82 Å². The van der Waals surface area contributed by atoms with Crippen molar-refractivity contribution in [3.63, 3.8) is 0 Å². The zero-order valence-electron chi connectivity index (χ0n) is 19.1. The van der Waals surface area contributed by atoms with E-state index in [0.29, 0.717) is 30.3 Å². The predicted octanol–water partition coefficient (Wildman–Crippen LogP) is 2.88. The summed E-state index contributed by atoms with van der Waals surface area (Å²) in [6.45, 7) is 3.63. The van der Waals surface area contributed by atoms with Gasteiger partial charge in [-0.2, -0.15) is 5.26 Å². The van der Waals surface area contributed by atoms with E-state index in [1.165, 1.54) is 0 Å². The minimum absolute atomic E-state index is 0.0336. The lowest BCUT2D eigenvalue weighted by Gasteiger charge is -2.44. The number of carbonyl (C=O) groups is 1. The Bertz CT molecular complexity index is 1050. The molecule has 1 saturated carbocycles. The largest absolute Gasteiger partial charge is 0.495 e. The number of hydrogen-bond acceptors (Lipinski definition) is 7. The maximum absolute atomic E-state index is 13.2. The fraction of sp³-hybridized carbons (Fsp3) is 0.520. The molecular weight excluding hydrogens is 418 g/mol. The van der Waals surface area contributed by atoms with Gasteiger partial charge in [0.15, 0.2) is 0 Å². The number of nitriles is 1. The highest BCUT2D eigenvalue weighted by molar-refractivity contribution is 5.78. The van der Waals surface area contributed by atoms with Gasteiger partial charge in [0.05, 0.1) is 30.6 Å². The third-order valence-electron chi connectivity index (χ3n) is 7.46. The first-order valence-electron chi connectivity index (χ1n) is 11.6. The first-order chi connectivity index (χ1) is 16.0. The Labute approximate surface area is 194 Å². The molecule has 2 bridgehead atoms. The lowest BCUT2D eigenvalue weighted by molar-refractivity contribution is -0.155. The van der Waals surface area contributed by atoms with Gasteiger partial charge >= 0.3 is 0 Å². The van der Waals surface area contributed by atoms with E-state index in [4.69, 9.17) is 14.7 Å². The number of fused-ring (bicyclic) bond motifs is 2. The molecule has 3 aliphatic rings. The second-order valence-corrected chi connectivity index (χ2v) is 9.38. The molecule has 3 fully saturated rings. The highest BCUT2D eigenvalue weighted by Crippen LogP contribution is 2.44. The SMILES string of the molecule is COc1ccc(C2(OCC(=O)N3CC4C[C@H](C)C(C3)N4c3ccc(C#N)cn3)CCC2)nc1. The highest BCUT2D eigenvalue weighted by atomic mass is 16.5. The fourth-order valence-electron chi connectivity index (χ4n) is 5.43. The Balaban J connectivity index is 1.24. The fourth-order valence-corrected chi connectivity index (χ4v) is 5.43. The Hall–Kier alpha value is -3.18. The topological polar surface area (TPSA) is 91.6 Å². The number of methoxy groups -OCH3 is 1. The van der Waals surface area contributed by atoms with Crippen molar-refractivity contribution in [3.05, 3.63) is 47.9 Å². The van der Waals surface area contributed by atoms with Gasteiger partial charge in [-0.1, -0.05) is 6.92 Å². The molecule has 0 N–H and O–H groups in total. The molecule has 33 heavy (non-hydrogen) atoms. The maximum Gasteiger partial charge on any atom is 0.248 e. The van der Waals surface area contributed by atoms with Crippen molar-refractivity contribution in [2.45, 2.75) is 50.3 Å². The van der Waals surface area contributed by atoms with E-state index in [1.54, 1.807) is 19.5 Å². The Morgan fingerprint density at radius 2 is 2.06 bits per heavy atom. The van der Waals surface area contributed by atoms with Gasteiger partial charge in [0.25, 0.3) is 0 Å². The average Bonchev–Trinajstić information content (AvgIpc) is 3.02. The molecule has 8 heteroatoms. The maximum atomic E-state index is 13.2. The van der Waals surface area contributed by atoms with Gasteiger partial charge in [-0.05, 0) is 55.9 Å². The molecule has 0 aromatic carbocycles. The summed E-state index contributed by atoms with van der Waals surface area (Å²) in [4.78, 5) is 26.5. The standard InChI is InChI=1S/C25H29N5O3/c1-17-10-19-14-29(15-21(17)30(19)23-7-4-18(11-26)12-28-23)24(31)16-33-25(8-3-9-25)22-6-5-20(32-2)13-27-22/h4-7,12-13,17,19,21H,3,8-10,14-16H2,1-2H3/t17-,19?,21?/m0/s1. The minimum Gasteiger partial charge on any atom is -0.495 e. The molecule has 8 nitrogen and oxygen atoms in total. The monoisotopic (exact) mass is 447 g/mol. The van der Waals surface area contributed by atoms with Gasteiger partial charge in [0.1, 0.15) is 29.8 Å². The number of hydrogen-bond donors (Lipinski definition) is 0. The van der Waals surface area contributed by atoms with E-state index < -0.39 is 5.60 Å². The van der Waals surface area contributed by atoms with E-state index in [-0.39, 0.29) is 24.6 Å². The van der Waals surface area contributed by atoms with Crippen molar-refractivity contribution < 1.29 is 14.3 Å². The second-order valence-electron chi connectivity index (χ2n) is 9.38. The van der Waals surface area contributed by atoms with Crippen molar-refractivity contribution in [3.8, 4) is 11.8 Å². The van der Waals surface area contributed by atoms with E-state index in [0.717, 1.165) is 37.2 Å². The predicted molar refractivity (Wildman–Crippen MR) is 122 cm³/mol. The summed E-state index contributed by atoms with van der Waals surface area (Å²) in [5.41, 5.74) is 0.955. The van der Waals surface area contributed by atoms with E-state index in [2.05, 4.69) is 27.9 Å². The molecule has 4 heterocycles. The smallest absolute Gasteiger partial charge is 0.248 e. The van der Waals surface area contributed by atoms with Crippen LogP contribution < -0.4 is 9.64 Å². The third kappa shape index (κ3) is 3.91. The first-order valence-corrected chi connectivity index (χ1v) is 11.6. The first kappa shape index (κ1) is 21.7. The van der Waals surface area contributed by atoms with Crippen molar-refractivity contribution in [2.75, 3.05) is 31.7 Å². The van der Waals surface area contributed by atoms with Gasteiger partial charge in [-0.3, -0.25) is 9.78 Å². The molecule has 1 amide bonds. The molecule has 2 aromatic heterocycles. The third-order valence-corrected chi connectivity index (χ3v) is 7.46. The Morgan fingerprint density at radius 1 is 1.21 bits per heavy atom. The summed E-state index contributed by atoms with van der Waals surface area (Å²) in [5.74, 6) is 2.10. The molecule has 2 unspecified atom stereocenters. The molecule has 2 aromatic rings. The Kier molecular flexibility index (Phi) is 5.67. The summed E-state index contributed by atoms with van der Waals surface area (Å²) < 4.78 is 11.5. The van der Waals surface area contributed by atoms with Crippen LogP contribution in [-0.4, -0.2) is 59.7 Å². The number of rotatable bonds is 6. The number of amides is 1. The van der Waals surface area contributed by atoms with Gasteiger partial charge in [-0.25, -0.2) is 4.98 Å². The summed E-state index contributed by atoms with van der Waals surface area (Å²) in [6, 6.07) is 10.1. The van der Waals surface area contributed by atoms with Crippen molar-refractivity contribution in [2.24, 2.45) is 5.92 Å². The number of anilines is 1. The molecule has 0 radical (unpaired) electrons. The Morgan fingerprint density at radius 3 is 2.64 bits per heavy atom. The van der Waals surface area contributed by atoms with Crippen molar-refractivity contribution >= 4 is 11.7 Å². The number of nitrogens with zero attached hydrogens (tertiary/aromatic N) is 5.